The minimum Gasteiger partial charge on any atom is -0.296 e. The number of allylic oxidation sites excluding steroid dienone is 4. The van der Waals surface area contributed by atoms with E-state index in [0.717, 1.165) is 50.0 Å². The van der Waals surface area contributed by atoms with Crippen LogP contribution in [0.5, 0.6) is 0 Å². The third kappa shape index (κ3) is 3.91. The second kappa shape index (κ2) is 6.85. The predicted octanol–water partition coefficient (Wildman–Crippen LogP) is 3.50. The molecule has 0 amide bonds. The topological polar surface area (TPSA) is 31.9 Å². The van der Waals surface area contributed by atoms with Crippen molar-refractivity contribution in [2.45, 2.75) is 31.9 Å². The van der Waals surface area contributed by atoms with E-state index in [1.54, 1.807) is 0 Å². The fourth-order valence-corrected chi connectivity index (χ4v) is 2.96. The molecule has 2 aliphatic rings. The summed E-state index contributed by atoms with van der Waals surface area (Å²) in [6.45, 7) is 2.43. The highest BCUT2D eigenvalue weighted by Crippen LogP contribution is 2.20. The zero-order valence-electron chi connectivity index (χ0n) is 12.3. The molecule has 1 N–H and O–H groups in total. The zero-order valence-corrected chi connectivity index (χ0v) is 12.3. The molecule has 1 aliphatic carbocycles. The number of nitrogens with zero attached hydrogens (tertiary/aromatic N) is 2. The lowest BCUT2D eigenvalue weighted by Gasteiger charge is -2.21. The molecule has 21 heavy (non-hydrogen) atoms. The van der Waals surface area contributed by atoms with E-state index in [1.807, 2.05) is 12.3 Å². The van der Waals surface area contributed by atoms with Gasteiger partial charge in [0.25, 0.3) is 0 Å². The van der Waals surface area contributed by atoms with Crippen molar-refractivity contribution < 1.29 is 4.39 Å². The highest BCUT2D eigenvalue weighted by atomic mass is 19.1. The minimum absolute atomic E-state index is 0.574. The van der Waals surface area contributed by atoms with Crippen LogP contribution < -0.4 is 0 Å². The lowest BCUT2D eigenvalue weighted by atomic mass is 10.1. The lowest BCUT2D eigenvalue weighted by Crippen LogP contribution is -2.30. The summed E-state index contributed by atoms with van der Waals surface area (Å²) in [5.74, 6) is 0. The number of halogens is 1. The van der Waals surface area contributed by atoms with Crippen LogP contribution in [0.2, 0.25) is 0 Å². The molecule has 1 fully saturated rings. The van der Waals surface area contributed by atoms with E-state index in [0.29, 0.717) is 6.54 Å². The molecule has 0 radical (unpaired) electrons. The van der Waals surface area contributed by atoms with Gasteiger partial charge in [0.1, 0.15) is 6.17 Å². The normalized spacial score (nSPS) is 24.1. The van der Waals surface area contributed by atoms with Gasteiger partial charge in [-0.25, -0.2) is 4.39 Å². The molecule has 112 valence electrons. The highest BCUT2D eigenvalue weighted by Gasteiger charge is 2.17. The number of aromatic amines is 1. The Hall–Kier alpha value is -1.68. The molecule has 1 atom stereocenters. The van der Waals surface area contributed by atoms with E-state index in [-0.39, 0.29) is 0 Å². The predicted molar refractivity (Wildman–Crippen MR) is 83.6 cm³/mol. The molecule has 1 aromatic rings. The van der Waals surface area contributed by atoms with Crippen LogP contribution in [-0.2, 0) is 0 Å². The minimum atomic E-state index is -0.666. The van der Waals surface area contributed by atoms with Crippen molar-refractivity contribution in [2.75, 3.05) is 19.6 Å². The van der Waals surface area contributed by atoms with Gasteiger partial charge in [0.2, 0.25) is 0 Å². The van der Waals surface area contributed by atoms with Crippen LogP contribution in [0.4, 0.5) is 4.39 Å². The van der Waals surface area contributed by atoms with Gasteiger partial charge in [0.15, 0.2) is 0 Å². The van der Waals surface area contributed by atoms with Crippen molar-refractivity contribution in [3.05, 3.63) is 47.8 Å². The number of aromatic nitrogens is 2. The molecule has 0 bridgehead atoms. The van der Waals surface area contributed by atoms with Crippen molar-refractivity contribution in [3.8, 4) is 0 Å². The summed E-state index contributed by atoms with van der Waals surface area (Å²) in [6, 6.07) is 1.98. The number of alkyl halides is 1. The van der Waals surface area contributed by atoms with Crippen LogP contribution in [0.15, 0.2) is 42.1 Å². The number of hydrogen-bond acceptors (Lipinski definition) is 2. The molecule has 0 saturated carbocycles. The van der Waals surface area contributed by atoms with E-state index >= 15 is 0 Å². The molecular weight excluding hydrogens is 265 g/mol. The van der Waals surface area contributed by atoms with Gasteiger partial charge in [-0.2, -0.15) is 5.10 Å². The summed E-state index contributed by atoms with van der Waals surface area (Å²) in [4.78, 5) is 2.24. The molecule has 0 aromatic carbocycles. The largest absolute Gasteiger partial charge is 0.296 e. The third-order valence-corrected chi connectivity index (χ3v) is 4.10. The number of likely N-dealkylation sites (tertiary alicyclic amines) is 1. The van der Waals surface area contributed by atoms with Crippen LogP contribution in [0.25, 0.3) is 5.57 Å². The van der Waals surface area contributed by atoms with Gasteiger partial charge in [-0.15, -0.1) is 0 Å². The maximum atomic E-state index is 13.7. The molecule has 3 rings (SSSR count). The molecular formula is C17H22FN3. The summed E-state index contributed by atoms with van der Waals surface area (Å²) in [5.41, 5.74) is 3.38. The van der Waals surface area contributed by atoms with Gasteiger partial charge in [-0.05, 0) is 49.4 Å². The summed E-state index contributed by atoms with van der Waals surface area (Å²) in [7, 11) is 0. The lowest BCUT2D eigenvalue weighted by molar-refractivity contribution is 0.219. The van der Waals surface area contributed by atoms with E-state index in [1.165, 1.54) is 5.57 Å². The fourth-order valence-electron chi connectivity index (χ4n) is 2.96. The Kier molecular flexibility index (Phi) is 4.65. The maximum Gasteiger partial charge on any atom is 0.113 e. The van der Waals surface area contributed by atoms with Crippen molar-refractivity contribution in [1.29, 1.82) is 0 Å². The van der Waals surface area contributed by atoms with E-state index < -0.39 is 6.17 Å². The maximum absolute atomic E-state index is 13.7. The average Bonchev–Trinajstić information content (AvgIpc) is 2.80. The Balaban J connectivity index is 1.62. The van der Waals surface area contributed by atoms with Gasteiger partial charge in [0.05, 0.1) is 5.69 Å². The Morgan fingerprint density at radius 3 is 3.10 bits per heavy atom. The second-order valence-electron chi connectivity index (χ2n) is 5.80. The van der Waals surface area contributed by atoms with Crippen LogP contribution in [0, 0.1) is 0 Å². The first-order valence-corrected chi connectivity index (χ1v) is 7.75. The van der Waals surface area contributed by atoms with E-state index in [2.05, 4.69) is 39.4 Å². The average molecular weight is 287 g/mol. The van der Waals surface area contributed by atoms with Crippen LogP contribution in [-0.4, -0.2) is 40.9 Å². The summed E-state index contributed by atoms with van der Waals surface area (Å²) in [6.07, 6.45) is 13.6. The quantitative estimate of drug-likeness (QED) is 0.922. The summed E-state index contributed by atoms with van der Waals surface area (Å²) in [5, 5.41) is 7.06. The Morgan fingerprint density at radius 1 is 1.29 bits per heavy atom. The Bertz CT molecular complexity index is 542. The van der Waals surface area contributed by atoms with Crippen LogP contribution >= 0.6 is 0 Å². The highest BCUT2D eigenvalue weighted by molar-refractivity contribution is 5.72. The molecule has 1 unspecified atom stereocenters. The molecule has 1 aromatic heterocycles. The molecule has 3 nitrogen and oxygen atoms in total. The first-order chi connectivity index (χ1) is 10.3. The monoisotopic (exact) mass is 287 g/mol. The van der Waals surface area contributed by atoms with Crippen LogP contribution in [0.1, 0.15) is 31.4 Å². The zero-order chi connectivity index (χ0) is 14.5. The Morgan fingerprint density at radius 2 is 2.24 bits per heavy atom. The molecule has 4 heteroatoms. The van der Waals surface area contributed by atoms with Crippen molar-refractivity contribution in [2.24, 2.45) is 0 Å². The fraction of sp³-hybridized carbons (Fsp3) is 0.471. The first kappa shape index (κ1) is 14.3. The molecule has 1 saturated heterocycles. The van der Waals surface area contributed by atoms with Gasteiger partial charge in [-0.1, -0.05) is 24.3 Å². The van der Waals surface area contributed by atoms with Gasteiger partial charge < -0.3 is 0 Å². The SMILES string of the molecule is FC1CCCCN(CC2=CCC=C(c3cc[nH]n3)C=C2)C1. The smallest absolute Gasteiger partial charge is 0.113 e. The summed E-state index contributed by atoms with van der Waals surface area (Å²) < 4.78 is 13.7. The van der Waals surface area contributed by atoms with Crippen molar-refractivity contribution in [3.63, 3.8) is 0 Å². The van der Waals surface area contributed by atoms with Gasteiger partial charge in [0, 0.05) is 19.3 Å². The number of H-pyrrole nitrogens is 1. The first-order valence-electron chi connectivity index (χ1n) is 7.75. The van der Waals surface area contributed by atoms with E-state index in [9.17, 15) is 4.39 Å². The third-order valence-electron chi connectivity index (χ3n) is 4.10. The molecule has 2 heterocycles. The number of rotatable bonds is 3. The number of nitrogens with one attached hydrogen (secondary N) is 1. The number of hydrogen-bond donors (Lipinski definition) is 1. The van der Waals surface area contributed by atoms with Crippen LogP contribution in [0.3, 0.4) is 0 Å². The van der Waals surface area contributed by atoms with E-state index in [4.69, 9.17) is 0 Å². The second-order valence-corrected chi connectivity index (χ2v) is 5.80. The molecule has 1 aliphatic heterocycles. The standard InChI is InChI=1S/C17H22FN3/c18-16-6-1-2-11-21(13-16)12-14-4-3-5-15(8-7-14)17-9-10-19-20-17/h4-5,7-10,16H,1-3,6,11-13H2,(H,19,20). The molecule has 0 spiro atoms. The van der Waals surface area contributed by atoms with Crippen molar-refractivity contribution >= 4 is 5.57 Å². The van der Waals surface area contributed by atoms with Gasteiger partial charge >= 0.3 is 0 Å². The van der Waals surface area contributed by atoms with Crippen molar-refractivity contribution in [1.82, 2.24) is 15.1 Å². The summed E-state index contributed by atoms with van der Waals surface area (Å²) >= 11 is 0. The van der Waals surface area contributed by atoms with Gasteiger partial charge in [-0.3, -0.25) is 10.00 Å². The Labute approximate surface area is 125 Å².